The molecule has 138 valence electrons. The van der Waals surface area contributed by atoms with Gasteiger partial charge in [-0.25, -0.2) is 0 Å². The van der Waals surface area contributed by atoms with Gasteiger partial charge in [0.15, 0.2) is 0 Å². The minimum Gasteiger partial charge on any atom is -0.497 e. The van der Waals surface area contributed by atoms with Crippen molar-refractivity contribution in [1.29, 1.82) is 0 Å². The first-order valence-corrected chi connectivity index (χ1v) is 8.37. The van der Waals surface area contributed by atoms with Gasteiger partial charge < -0.3 is 19.7 Å². The van der Waals surface area contributed by atoms with E-state index in [2.05, 4.69) is 5.32 Å². The van der Waals surface area contributed by atoms with Crippen molar-refractivity contribution in [1.82, 2.24) is 0 Å². The Morgan fingerprint density at radius 2 is 1.85 bits per heavy atom. The maximum absolute atomic E-state index is 12.6. The number of hydrogen-bond donors (Lipinski definition) is 1. The standard InChI is InChI=1S/C20H24N2O4/c1-5-22(15-8-6-7-14(2)11-15)20(24)13-19(23)21-17-12-16(25-3)9-10-18(17)26-4/h6-12H,5,13H2,1-4H3,(H,21,23). The molecule has 2 aromatic rings. The molecule has 2 amide bonds. The smallest absolute Gasteiger partial charge is 0.236 e. The van der Waals surface area contributed by atoms with Crippen molar-refractivity contribution in [3.8, 4) is 11.5 Å². The first kappa shape index (κ1) is 19.3. The lowest BCUT2D eigenvalue weighted by Gasteiger charge is -2.21. The predicted octanol–water partition coefficient (Wildman–Crippen LogP) is 3.39. The van der Waals surface area contributed by atoms with E-state index < -0.39 is 5.91 Å². The van der Waals surface area contributed by atoms with E-state index in [-0.39, 0.29) is 12.3 Å². The largest absolute Gasteiger partial charge is 0.497 e. The zero-order valence-electron chi connectivity index (χ0n) is 15.5. The molecule has 6 heteroatoms. The summed E-state index contributed by atoms with van der Waals surface area (Å²) in [6.45, 7) is 4.32. The van der Waals surface area contributed by atoms with Crippen LogP contribution in [0.4, 0.5) is 11.4 Å². The lowest BCUT2D eigenvalue weighted by atomic mass is 10.2. The number of amides is 2. The molecule has 0 bridgehead atoms. The molecular formula is C20H24N2O4. The van der Waals surface area contributed by atoms with Gasteiger partial charge in [-0.3, -0.25) is 9.59 Å². The number of carbonyl (C=O) groups is 2. The number of anilines is 2. The van der Waals surface area contributed by atoms with Crippen LogP contribution in [0.3, 0.4) is 0 Å². The molecule has 2 aromatic carbocycles. The van der Waals surface area contributed by atoms with Gasteiger partial charge in [-0.15, -0.1) is 0 Å². The fourth-order valence-electron chi connectivity index (χ4n) is 2.64. The quantitative estimate of drug-likeness (QED) is 0.772. The first-order chi connectivity index (χ1) is 12.5. The summed E-state index contributed by atoms with van der Waals surface area (Å²) in [6, 6.07) is 12.7. The fraction of sp³-hybridized carbons (Fsp3) is 0.300. The third-order valence-corrected chi connectivity index (χ3v) is 3.92. The molecular weight excluding hydrogens is 332 g/mol. The van der Waals surface area contributed by atoms with Crippen LogP contribution < -0.4 is 19.7 Å². The molecule has 0 aliphatic carbocycles. The number of carbonyl (C=O) groups excluding carboxylic acids is 2. The highest BCUT2D eigenvalue weighted by Crippen LogP contribution is 2.29. The van der Waals surface area contributed by atoms with Crippen LogP contribution in [0.2, 0.25) is 0 Å². The number of hydrogen-bond acceptors (Lipinski definition) is 4. The lowest BCUT2D eigenvalue weighted by molar-refractivity contribution is -0.125. The SMILES string of the molecule is CCN(C(=O)CC(=O)Nc1cc(OC)ccc1OC)c1cccc(C)c1. The van der Waals surface area contributed by atoms with Gasteiger partial charge in [-0.2, -0.15) is 0 Å². The van der Waals surface area contributed by atoms with E-state index >= 15 is 0 Å². The fourth-order valence-corrected chi connectivity index (χ4v) is 2.64. The molecule has 0 spiro atoms. The summed E-state index contributed by atoms with van der Waals surface area (Å²) in [5.41, 5.74) is 2.30. The number of nitrogens with one attached hydrogen (secondary N) is 1. The van der Waals surface area contributed by atoms with Crippen LogP contribution in [-0.2, 0) is 9.59 Å². The summed E-state index contributed by atoms with van der Waals surface area (Å²) in [5.74, 6) is 0.408. The number of nitrogens with zero attached hydrogens (tertiary/aromatic N) is 1. The number of aryl methyl sites for hydroxylation is 1. The van der Waals surface area contributed by atoms with Gasteiger partial charge in [0.1, 0.15) is 17.9 Å². The van der Waals surface area contributed by atoms with Crippen LogP contribution in [0.5, 0.6) is 11.5 Å². The third kappa shape index (κ3) is 4.75. The van der Waals surface area contributed by atoms with Crippen LogP contribution in [0.25, 0.3) is 0 Å². The Morgan fingerprint density at radius 3 is 2.46 bits per heavy atom. The van der Waals surface area contributed by atoms with Crippen LogP contribution in [0, 0.1) is 6.92 Å². The van der Waals surface area contributed by atoms with E-state index in [0.717, 1.165) is 11.3 Å². The maximum atomic E-state index is 12.6. The molecule has 0 atom stereocenters. The van der Waals surface area contributed by atoms with E-state index in [1.165, 1.54) is 14.2 Å². The normalized spacial score (nSPS) is 10.2. The van der Waals surface area contributed by atoms with E-state index in [4.69, 9.17) is 9.47 Å². The summed E-state index contributed by atoms with van der Waals surface area (Å²) < 4.78 is 10.4. The topological polar surface area (TPSA) is 67.9 Å². The molecule has 0 heterocycles. The Labute approximate surface area is 153 Å². The van der Waals surface area contributed by atoms with Crippen molar-refractivity contribution in [3.63, 3.8) is 0 Å². The lowest BCUT2D eigenvalue weighted by Crippen LogP contribution is -2.33. The summed E-state index contributed by atoms with van der Waals surface area (Å²) in [6.07, 6.45) is -0.262. The number of methoxy groups -OCH3 is 2. The summed E-state index contributed by atoms with van der Waals surface area (Å²) in [7, 11) is 3.05. The Bertz CT molecular complexity index is 789. The second-order valence-electron chi connectivity index (χ2n) is 5.77. The molecule has 0 aromatic heterocycles. The molecule has 0 radical (unpaired) electrons. The third-order valence-electron chi connectivity index (χ3n) is 3.92. The molecule has 2 rings (SSSR count). The molecule has 0 aliphatic heterocycles. The minimum atomic E-state index is -0.410. The Balaban J connectivity index is 2.10. The summed E-state index contributed by atoms with van der Waals surface area (Å²) >= 11 is 0. The molecule has 0 fully saturated rings. The average Bonchev–Trinajstić information content (AvgIpc) is 2.62. The van der Waals surface area contributed by atoms with Crippen LogP contribution >= 0.6 is 0 Å². The first-order valence-electron chi connectivity index (χ1n) is 8.37. The maximum Gasteiger partial charge on any atom is 0.236 e. The monoisotopic (exact) mass is 356 g/mol. The van der Waals surface area contributed by atoms with Crippen molar-refractivity contribution in [2.45, 2.75) is 20.3 Å². The zero-order valence-corrected chi connectivity index (χ0v) is 15.5. The van der Waals surface area contributed by atoms with Crippen molar-refractivity contribution in [3.05, 3.63) is 48.0 Å². The van der Waals surface area contributed by atoms with Crippen LogP contribution in [0.1, 0.15) is 18.9 Å². The van der Waals surface area contributed by atoms with Gasteiger partial charge in [0.2, 0.25) is 11.8 Å². The van der Waals surface area contributed by atoms with Crippen LogP contribution in [-0.4, -0.2) is 32.6 Å². The molecule has 0 saturated heterocycles. The van der Waals surface area contributed by atoms with Gasteiger partial charge in [-0.1, -0.05) is 12.1 Å². The van der Waals surface area contributed by atoms with Gasteiger partial charge in [0.25, 0.3) is 0 Å². The Hall–Kier alpha value is -3.02. The molecule has 0 saturated carbocycles. The van der Waals surface area contributed by atoms with Gasteiger partial charge >= 0.3 is 0 Å². The van der Waals surface area contributed by atoms with Crippen molar-refractivity contribution in [2.75, 3.05) is 31.0 Å². The number of ether oxygens (including phenoxy) is 2. The van der Waals surface area contributed by atoms with E-state index in [1.54, 1.807) is 23.1 Å². The van der Waals surface area contributed by atoms with Gasteiger partial charge in [0, 0.05) is 18.3 Å². The van der Waals surface area contributed by atoms with Crippen LogP contribution in [0.15, 0.2) is 42.5 Å². The second kappa shape index (κ2) is 8.89. The summed E-state index contributed by atoms with van der Waals surface area (Å²) in [4.78, 5) is 26.5. The van der Waals surface area contributed by atoms with Gasteiger partial charge in [-0.05, 0) is 43.7 Å². The number of rotatable bonds is 7. The van der Waals surface area contributed by atoms with E-state index in [9.17, 15) is 9.59 Å². The highest BCUT2D eigenvalue weighted by atomic mass is 16.5. The van der Waals surface area contributed by atoms with Crippen molar-refractivity contribution in [2.24, 2.45) is 0 Å². The molecule has 6 nitrogen and oxygen atoms in total. The van der Waals surface area contributed by atoms with E-state index in [0.29, 0.717) is 23.7 Å². The van der Waals surface area contributed by atoms with E-state index in [1.807, 2.05) is 38.1 Å². The minimum absolute atomic E-state index is 0.262. The van der Waals surface area contributed by atoms with Crippen molar-refractivity contribution >= 4 is 23.2 Å². The van der Waals surface area contributed by atoms with Gasteiger partial charge in [0.05, 0.1) is 19.9 Å². The Kier molecular flexibility index (Phi) is 6.60. The highest BCUT2D eigenvalue weighted by Gasteiger charge is 2.19. The average molecular weight is 356 g/mol. The Morgan fingerprint density at radius 1 is 1.08 bits per heavy atom. The van der Waals surface area contributed by atoms with Crippen molar-refractivity contribution < 1.29 is 19.1 Å². The zero-order chi connectivity index (χ0) is 19.1. The molecule has 26 heavy (non-hydrogen) atoms. The number of benzene rings is 2. The molecule has 1 N–H and O–H groups in total. The molecule has 0 aliphatic rings. The summed E-state index contributed by atoms with van der Waals surface area (Å²) in [5, 5.41) is 2.72. The predicted molar refractivity (Wildman–Crippen MR) is 102 cm³/mol. The second-order valence-corrected chi connectivity index (χ2v) is 5.77. The highest BCUT2D eigenvalue weighted by molar-refractivity contribution is 6.09. The molecule has 0 unspecified atom stereocenters.